The minimum absolute atomic E-state index is 0.0459. The van der Waals surface area contributed by atoms with Gasteiger partial charge in [-0.3, -0.25) is 0 Å². The molecule has 0 bridgehead atoms. The first-order valence-electron chi connectivity index (χ1n) is 5.99. The van der Waals surface area contributed by atoms with Crippen LogP contribution in [0.15, 0.2) is 30.3 Å². The Labute approximate surface area is 105 Å². The lowest BCUT2D eigenvalue weighted by atomic mass is 9.94. The highest BCUT2D eigenvalue weighted by molar-refractivity contribution is 5.16. The van der Waals surface area contributed by atoms with Gasteiger partial charge in [0.25, 0.3) is 0 Å². The third-order valence-electron chi connectivity index (χ3n) is 3.16. The first-order chi connectivity index (χ1) is 8.58. The highest BCUT2D eigenvalue weighted by atomic mass is 16.6. The maximum atomic E-state index is 10.0. The molecule has 0 aromatic heterocycles. The fraction of sp³-hybridized carbons (Fsp3) is 0.538. The topological polar surface area (TPSA) is 90.2 Å². The molecule has 0 amide bonds. The normalized spacial score (nSPS) is 34.2. The van der Waals surface area contributed by atoms with Crippen molar-refractivity contribution in [1.82, 2.24) is 0 Å². The molecule has 0 aliphatic carbocycles. The molecule has 5 nitrogen and oxygen atoms in total. The highest BCUT2D eigenvalue weighted by Crippen LogP contribution is 2.23. The van der Waals surface area contributed by atoms with Crippen LogP contribution >= 0.6 is 0 Å². The largest absolute Gasteiger partial charge is 0.390 e. The molecule has 1 saturated heterocycles. The summed E-state index contributed by atoms with van der Waals surface area (Å²) >= 11 is 0. The van der Waals surface area contributed by atoms with Crippen molar-refractivity contribution in [2.24, 2.45) is 0 Å². The molecule has 2 rings (SSSR count). The molecule has 1 heterocycles. The van der Waals surface area contributed by atoms with Gasteiger partial charge >= 0.3 is 0 Å². The fourth-order valence-electron chi connectivity index (χ4n) is 2.17. The number of ether oxygens (including phenoxy) is 1. The van der Waals surface area contributed by atoms with E-state index in [2.05, 4.69) is 0 Å². The van der Waals surface area contributed by atoms with Crippen molar-refractivity contribution in [1.29, 1.82) is 0 Å². The van der Waals surface area contributed by atoms with Crippen molar-refractivity contribution < 1.29 is 25.2 Å². The summed E-state index contributed by atoms with van der Waals surface area (Å²) in [6, 6.07) is 9.28. The minimum Gasteiger partial charge on any atom is -0.390 e. The van der Waals surface area contributed by atoms with Gasteiger partial charge in [-0.1, -0.05) is 30.3 Å². The van der Waals surface area contributed by atoms with Crippen molar-refractivity contribution >= 4 is 0 Å². The maximum Gasteiger partial charge on any atom is 0.157 e. The number of aliphatic hydroxyl groups excluding tert-OH is 4. The van der Waals surface area contributed by atoms with Gasteiger partial charge in [0.15, 0.2) is 6.29 Å². The van der Waals surface area contributed by atoms with Crippen LogP contribution in [0.1, 0.15) is 12.0 Å². The Morgan fingerprint density at radius 1 is 1.17 bits per heavy atom. The van der Waals surface area contributed by atoms with Crippen LogP contribution in [0.25, 0.3) is 0 Å². The molecular weight excluding hydrogens is 236 g/mol. The van der Waals surface area contributed by atoms with Crippen molar-refractivity contribution in [2.45, 2.75) is 43.5 Å². The van der Waals surface area contributed by atoms with Gasteiger partial charge in [-0.15, -0.1) is 0 Å². The number of aliphatic hydroxyl groups is 4. The molecule has 1 aromatic rings. The molecule has 0 spiro atoms. The van der Waals surface area contributed by atoms with Gasteiger partial charge in [0.2, 0.25) is 0 Å². The van der Waals surface area contributed by atoms with E-state index in [1.54, 1.807) is 0 Å². The summed E-state index contributed by atoms with van der Waals surface area (Å²) in [6.45, 7) is 0. The summed E-state index contributed by atoms with van der Waals surface area (Å²) in [7, 11) is 0. The Balaban J connectivity index is 2.01. The van der Waals surface area contributed by atoms with Crippen LogP contribution in [0.2, 0.25) is 0 Å². The lowest BCUT2D eigenvalue weighted by molar-refractivity contribution is -0.253. The molecule has 1 unspecified atom stereocenters. The summed E-state index contributed by atoms with van der Waals surface area (Å²) in [5.41, 5.74) is 0.898. The summed E-state index contributed by atoms with van der Waals surface area (Å²) in [4.78, 5) is 0. The molecule has 1 aliphatic rings. The van der Waals surface area contributed by atoms with E-state index >= 15 is 0 Å². The molecular formula is C13H18O5. The molecule has 0 saturated carbocycles. The predicted octanol–water partition coefficient (Wildman–Crippen LogP) is -0.581. The van der Waals surface area contributed by atoms with Crippen LogP contribution in [0.3, 0.4) is 0 Å². The summed E-state index contributed by atoms with van der Waals surface area (Å²) < 4.78 is 5.10. The molecule has 4 N–H and O–H groups in total. The van der Waals surface area contributed by atoms with E-state index in [-0.39, 0.29) is 6.42 Å². The number of hydrogen-bond acceptors (Lipinski definition) is 5. The zero-order chi connectivity index (χ0) is 13.1. The van der Waals surface area contributed by atoms with Crippen LogP contribution in [0.5, 0.6) is 0 Å². The third-order valence-corrected chi connectivity index (χ3v) is 3.16. The highest BCUT2D eigenvalue weighted by Gasteiger charge is 2.39. The summed E-state index contributed by atoms with van der Waals surface area (Å²) in [5, 5.41) is 38.7. The van der Waals surface area contributed by atoms with Crippen LogP contribution in [0, 0.1) is 0 Å². The standard InChI is InChI=1S/C13H18O5/c14-9-7-11(16)18-13(12(9)17)10(15)6-8-4-2-1-3-5-8/h1-5,9-17H,6-7H2/t9-,10?,11+,12+,13-/m1/s1. The van der Waals surface area contributed by atoms with Crippen LogP contribution in [0.4, 0.5) is 0 Å². The second-order valence-electron chi connectivity index (χ2n) is 4.61. The molecule has 100 valence electrons. The monoisotopic (exact) mass is 254 g/mol. The number of hydrogen-bond donors (Lipinski definition) is 4. The Kier molecular flexibility index (Phi) is 4.31. The molecule has 5 atom stereocenters. The first kappa shape index (κ1) is 13.5. The van der Waals surface area contributed by atoms with E-state index in [0.717, 1.165) is 5.56 Å². The second kappa shape index (κ2) is 5.77. The smallest absolute Gasteiger partial charge is 0.157 e. The van der Waals surface area contributed by atoms with Gasteiger partial charge in [0.1, 0.15) is 12.2 Å². The van der Waals surface area contributed by atoms with Gasteiger partial charge in [0, 0.05) is 12.8 Å². The first-order valence-corrected chi connectivity index (χ1v) is 5.99. The zero-order valence-electron chi connectivity index (χ0n) is 9.88. The minimum atomic E-state index is -1.19. The molecule has 1 aliphatic heterocycles. The van der Waals surface area contributed by atoms with Gasteiger partial charge in [-0.05, 0) is 5.56 Å². The molecule has 0 radical (unpaired) electrons. The summed E-state index contributed by atoms with van der Waals surface area (Å²) in [5.74, 6) is 0. The Morgan fingerprint density at radius 2 is 1.83 bits per heavy atom. The average Bonchev–Trinajstić information content (AvgIpc) is 2.35. The van der Waals surface area contributed by atoms with Crippen molar-refractivity contribution in [2.75, 3.05) is 0 Å². The van der Waals surface area contributed by atoms with E-state index in [1.165, 1.54) is 0 Å². The average molecular weight is 254 g/mol. The summed E-state index contributed by atoms with van der Waals surface area (Å²) in [6.07, 6.45) is -5.14. The Bertz CT molecular complexity index is 369. The lowest BCUT2D eigenvalue weighted by Crippen LogP contribution is -2.53. The van der Waals surface area contributed by atoms with Crippen molar-refractivity contribution in [3.8, 4) is 0 Å². The van der Waals surface area contributed by atoms with E-state index in [1.807, 2.05) is 30.3 Å². The van der Waals surface area contributed by atoms with Crippen LogP contribution < -0.4 is 0 Å². The number of rotatable bonds is 3. The molecule has 18 heavy (non-hydrogen) atoms. The van der Waals surface area contributed by atoms with Gasteiger partial charge in [-0.2, -0.15) is 0 Å². The van der Waals surface area contributed by atoms with Gasteiger partial charge in [-0.25, -0.2) is 0 Å². The Morgan fingerprint density at radius 3 is 2.50 bits per heavy atom. The quantitative estimate of drug-likeness (QED) is 0.579. The van der Waals surface area contributed by atoms with Crippen LogP contribution in [-0.4, -0.2) is 51.1 Å². The van der Waals surface area contributed by atoms with Crippen molar-refractivity contribution in [3.05, 3.63) is 35.9 Å². The van der Waals surface area contributed by atoms with E-state index in [9.17, 15) is 20.4 Å². The van der Waals surface area contributed by atoms with Crippen molar-refractivity contribution in [3.63, 3.8) is 0 Å². The second-order valence-corrected chi connectivity index (χ2v) is 4.61. The number of benzene rings is 1. The van der Waals surface area contributed by atoms with Crippen LogP contribution in [-0.2, 0) is 11.2 Å². The zero-order valence-corrected chi connectivity index (χ0v) is 9.88. The maximum absolute atomic E-state index is 10.0. The van der Waals surface area contributed by atoms with E-state index in [4.69, 9.17) is 4.74 Å². The molecule has 1 fully saturated rings. The SMILES string of the molecule is OC(Cc1ccccc1)[C@H]1O[C@H](O)C[C@@H](O)[C@@H]1O. The lowest BCUT2D eigenvalue weighted by Gasteiger charge is -2.37. The molecule has 1 aromatic carbocycles. The Hall–Kier alpha value is -0.980. The van der Waals surface area contributed by atoms with E-state index < -0.39 is 30.7 Å². The fourth-order valence-corrected chi connectivity index (χ4v) is 2.17. The molecule has 5 heteroatoms. The third kappa shape index (κ3) is 3.07. The van der Waals surface area contributed by atoms with Gasteiger partial charge < -0.3 is 25.2 Å². The van der Waals surface area contributed by atoms with Gasteiger partial charge in [0.05, 0.1) is 12.2 Å². The predicted molar refractivity (Wildman–Crippen MR) is 63.7 cm³/mol. The van der Waals surface area contributed by atoms with E-state index in [0.29, 0.717) is 6.42 Å².